The van der Waals surface area contributed by atoms with E-state index in [1.807, 2.05) is 54.6 Å². The second-order valence-corrected chi connectivity index (χ2v) is 6.67. The predicted molar refractivity (Wildman–Crippen MR) is 108 cm³/mol. The summed E-state index contributed by atoms with van der Waals surface area (Å²) in [6.07, 6.45) is 1.66. The van der Waals surface area contributed by atoms with Crippen molar-refractivity contribution in [3.8, 4) is 0 Å². The normalized spacial score (nSPS) is 10.8. The van der Waals surface area contributed by atoms with E-state index in [9.17, 15) is 4.79 Å². The van der Waals surface area contributed by atoms with Crippen LogP contribution in [-0.2, 0) is 6.54 Å². The second kappa shape index (κ2) is 8.49. The quantitative estimate of drug-likeness (QED) is 0.693. The average molecular weight is 363 g/mol. The number of rotatable bonds is 7. The van der Waals surface area contributed by atoms with Gasteiger partial charge in [0.25, 0.3) is 5.91 Å². The Bertz CT molecular complexity index is 871. The van der Waals surface area contributed by atoms with E-state index in [0.717, 1.165) is 23.5 Å². The molecule has 3 rings (SSSR count). The van der Waals surface area contributed by atoms with Crippen molar-refractivity contribution in [1.29, 1.82) is 0 Å². The SMILES string of the molecule is CCN(c1ccc(NC(=O)c2cn(Cc3ccccc3)nn2)cc1)C(C)C. The molecule has 6 nitrogen and oxygen atoms in total. The fourth-order valence-corrected chi connectivity index (χ4v) is 3.03. The highest BCUT2D eigenvalue weighted by molar-refractivity contribution is 6.02. The summed E-state index contributed by atoms with van der Waals surface area (Å²) in [7, 11) is 0. The van der Waals surface area contributed by atoms with Gasteiger partial charge in [0.05, 0.1) is 12.7 Å². The van der Waals surface area contributed by atoms with Crippen molar-refractivity contribution in [3.63, 3.8) is 0 Å². The number of benzene rings is 2. The summed E-state index contributed by atoms with van der Waals surface area (Å²) in [5.74, 6) is -0.265. The minimum absolute atomic E-state index is 0.265. The number of hydrogen-bond donors (Lipinski definition) is 1. The summed E-state index contributed by atoms with van der Waals surface area (Å²) in [4.78, 5) is 14.7. The van der Waals surface area contributed by atoms with Gasteiger partial charge in [-0.1, -0.05) is 35.5 Å². The van der Waals surface area contributed by atoms with Crippen molar-refractivity contribution in [2.24, 2.45) is 0 Å². The first-order valence-electron chi connectivity index (χ1n) is 9.19. The lowest BCUT2D eigenvalue weighted by atomic mass is 10.2. The van der Waals surface area contributed by atoms with Crippen LogP contribution in [0.5, 0.6) is 0 Å². The molecule has 27 heavy (non-hydrogen) atoms. The summed E-state index contributed by atoms with van der Waals surface area (Å²) < 4.78 is 1.66. The molecule has 0 saturated heterocycles. The molecule has 0 saturated carbocycles. The van der Waals surface area contributed by atoms with Crippen molar-refractivity contribution in [2.75, 3.05) is 16.8 Å². The maximum atomic E-state index is 12.4. The Labute approximate surface area is 159 Å². The fourth-order valence-electron chi connectivity index (χ4n) is 3.03. The van der Waals surface area contributed by atoms with Crippen molar-refractivity contribution in [2.45, 2.75) is 33.4 Å². The zero-order valence-corrected chi connectivity index (χ0v) is 16.0. The molecule has 0 radical (unpaired) electrons. The maximum absolute atomic E-state index is 12.4. The molecule has 6 heteroatoms. The first kappa shape index (κ1) is 18.6. The number of hydrogen-bond acceptors (Lipinski definition) is 4. The molecule has 0 atom stereocenters. The number of carbonyl (C=O) groups is 1. The molecule has 140 valence electrons. The molecular formula is C21H25N5O. The van der Waals surface area contributed by atoms with Gasteiger partial charge >= 0.3 is 0 Å². The van der Waals surface area contributed by atoms with Gasteiger partial charge in [-0.2, -0.15) is 0 Å². The van der Waals surface area contributed by atoms with E-state index >= 15 is 0 Å². The van der Waals surface area contributed by atoms with Gasteiger partial charge in [-0.3, -0.25) is 4.79 Å². The third-order valence-corrected chi connectivity index (χ3v) is 4.38. The summed E-state index contributed by atoms with van der Waals surface area (Å²) in [5, 5.41) is 10.9. The molecule has 1 amide bonds. The van der Waals surface area contributed by atoms with Gasteiger partial charge in [0.2, 0.25) is 0 Å². The predicted octanol–water partition coefficient (Wildman–Crippen LogP) is 3.81. The van der Waals surface area contributed by atoms with E-state index in [2.05, 4.69) is 41.3 Å². The van der Waals surface area contributed by atoms with E-state index in [0.29, 0.717) is 18.3 Å². The third kappa shape index (κ3) is 4.73. The minimum atomic E-state index is -0.265. The lowest BCUT2D eigenvalue weighted by Crippen LogP contribution is -2.30. The first-order valence-corrected chi connectivity index (χ1v) is 9.19. The molecule has 3 aromatic rings. The molecule has 2 aromatic carbocycles. The summed E-state index contributed by atoms with van der Waals surface area (Å²) >= 11 is 0. The topological polar surface area (TPSA) is 63.1 Å². The highest BCUT2D eigenvalue weighted by Gasteiger charge is 2.12. The van der Waals surface area contributed by atoms with Crippen LogP contribution < -0.4 is 10.2 Å². The van der Waals surface area contributed by atoms with Crippen LogP contribution in [0.4, 0.5) is 11.4 Å². The van der Waals surface area contributed by atoms with Crippen LogP contribution in [0.2, 0.25) is 0 Å². The van der Waals surface area contributed by atoms with Crippen LogP contribution >= 0.6 is 0 Å². The van der Waals surface area contributed by atoms with Gasteiger partial charge in [-0.25, -0.2) is 4.68 Å². The van der Waals surface area contributed by atoms with E-state index < -0.39 is 0 Å². The van der Waals surface area contributed by atoms with Crippen molar-refractivity contribution in [1.82, 2.24) is 15.0 Å². The highest BCUT2D eigenvalue weighted by atomic mass is 16.2. The monoisotopic (exact) mass is 363 g/mol. The molecule has 0 aliphatic heterocycles. The fraction of sp³-hybridized carbons (Fsp3) is 0.286. The lowest BCUT2D eigenvalue weighted by molar-refractivity contribution is 0.102. The van der Waals surface area contributed by atoms with Gasteiger partial charge in [-0.15, -0.1) is 5.10 Å². The summed E-state index contributed by atoms with van der Waals surface area (Å²) in [6.45, 7) is 7.98. The van der Waals surface area contributed by atoms with E-state index in [-0.39, 0.29) is 5.91 Å². The van der Waals surface area contributed by atoms with Crippen molar-refractivity contribution >= 4 is 17.3 Å². The molecule has 0 aliphatic carbocycles. The van der Waals surface area contributed by atoms with Crippen molar-refractivity contribution in [3.05, 3.63) is 72.1 Å². The van der Waals surface area contributed by atoms with Crippen LogP contribution in [0.1, 0.15) is 36.8 Å². The minimum Gasteiger partial charge on any atom is -0.369 e. The molecule has 1 aromatic heterocycles. The standard InChI is InChI=1S/C21H25N5O/c1-4-26(16(2)3)19-12-10-18(11-13-19)22-21(27)20-15-25(24-23-20)14-17-8-6-5-7-9-17/h5-13,15-16H,4,14H2,1-3H3,(H,22,27). The van der Waals surface area contributed by atoms with Gasteiger partial charge in [0.1, 0.15) is 0 Å². The molecule has 0 spiro atoms. The molecule has 1 N–H and O–H groups in total. The van der Waals surface area contributed by atoms with Gasteiger partial charge in [0, 0.05) is 24.0 Å². The third-order valence-electron chi connectivity index (χ3n) is 4.38. The van der Waals surface area contributed by atoms with Crippen LogP contribution in [0, 0.1) is 0 Å². The number of amides is 1. The van der Waals surface area contributed by atoms with Crippen LogP contribution in [0.15, 0.2) is 60.8 Å². The molecule has 1 heterocycles. The summed E-state index contributed by atoms with van der Waals surface area (Å²) in [6, 6.07) is 18.2. The van der Waals surface area contributed by atoms with Crippen LogP contribution in [-0.4, -0.2) is 33.5 Å². The van der Waals surface area contributed by atoms with Gasteiger partial charge in [-0.05, 0) is 50.6 Å². The smallest absolute Gasteiger partial charge is 0.277 e. The number of aromatic nitrogens is 3. The zero-order valence-electron chi connectivity index (χ0n) is 16.0. The Morgan fingerprint density at radius 3 is 2.44 bits per heavy atom. The van der Waals surface area contributed by atoms with Crippen LogP contribution in [0.25, 0.3) is 0 Å². The Hall–Kier alpha value is -3.15. The van der Waals surface area contributed by atoms with Crippen molar-refractivity contribution < 1.29 is 4.79 Å². The molecule has 0 unspecified atom stereocenters. The largest absolute Gasteiger partial charge is 0.369 e. The van der Waals surface area contributed by atoms with Crippen LogP contribution in [0.3, 0.4) is 0 Å². The molecule has 0 aliphatic rings. The summed E-state index contributed by atoms with van der Waals surface area (Å²) in [5.41, 5.74) is 3.28. The number of nitrogens with zero attached hydrogens (tertiary/aromatic N) is 4. The van der Waals surface area contributed by atoms with E-state index in [1.165, 1.54) is 0 Å². The van der Waals surface area contributed by atoms with Gasteiger partial charge < -0.3 is 10.2 Å². The maximum Gasteiger partial charge on any atom is 0.277 e. The van der Waals surface area contributed by atoms with E-state index in [4.69, 9.17) is 0 Å². The first-order chi connectivity index (χ1) is 13.1. The van der Waals surface area contributed by atoms with E-state index in [1.54, 1.807) is 10.9 Å². The number of nitrogens with one attached hydrogen (secondary N) is 1. The Morgan fingerprint density at radius 2 is 1.81 bits per heavy atom. The Morgan fingerprint density at radius 1 is 1.11 bits per heavy atom. The van der Waals surface area contributed by atoms with Gasteiger partial charge in [0.15, 0.2) is 5.69 Å². The zero-order chi connectivity index (χ0) is 19.2. The Kier molecular flexibility index (Phi) is 5.86. The molecular weight excluding hydrogens is 338 g/mol. The average Bonchev–Trinajstić information content (AvgIpc) is 3.13. The number of anilines is 2. The lowest BCUT2D eigenvalue weighted by Gasteiger charge is -2.27. The molecule has 0 fully saturated rings. The highest BCUT2D eigenvalue weighted by Crippen LogP contribution is 2.20. The second-order valence-electron chi connectivity index (χ2n) is 6.67. The molecule has 0 bridgehead atoms. The number of carbonyl (C=O) groups excluding carboxylic acids is 1. The Balaban J connectivity index is 1.64.